The maximum absolute atomic E-state index is 5.67. The van der Waals surface area contributed by atoms with Gasteiger partial charge in [-0.2, -0.15) is 0 Å². The summed E-state index contributed by atoms with van der Waals surface area (Å²) in [7, 11) is 0. The second-order valence-electron chi connectivity index (χ2n) is 4.96. The van der Waals surface area contributed by atoms with Gasteiger partial charge in [0.25, 0.3) is 0 Å². The Bertz CT molecular complexity index is 552. The zero-order valence-electron chi connectivity index (χ0n) is 10.9. The molecule has 0 saturated carbocycles. The van der Waals surface area contributed by atoms with Gasteiger partial charge in [-0.05, 0) is 38.5 Å². The Morgan fingerprint density at radius 2 is 2.00 bits per heavy atom. The first-order valence-electron chi connectivity index (χ1n) is 5.89. The molecule has 0 aliphatic carbocycles. The van der Waals surface area contributed by atoms with Crippen molar-refractivity contribution < 1.29 is 0 Å². The van der Waals surface area contributed by atoms with Gasteiger partial charge in [-0.15, -0.1) is 11.8 Å². The molecule has 0 radical (unpaired) electrons. The van der Waals surface area contributed by atoms with Crippen LogP contribution in [-0.2, 0) is 0 Å². The van der Waals surface area contributed by atoms with E-state index in [-0.39, 0.29) is 4.75 Å². The van der Waals surface area contributed by atoms with Crippen molar-refractivity contribution in [3.63, 3.8) is 0 Å². The summed E-state index contributed by atoms with van der Waals surface area (Å²) in [5.74, 6) is 0.957. The van der Waals surface area contributed by atoms with Crippen molar-refractivity contribution >= 4 is 34.6 Å². The van der Waals surface area contributed by atoms with Gasteiger partial charge in [-0.1, -0.05) is 30.1 Å². The molecule has 0 aliphatic heterocycles. The number of rotatable bonds is 4. The molecule has 2 rings (SSSR count). The van der Waals surface area contributed by atoms with E-state index in [1.165, 1.54) is 22.9 Å². The highest BCUT2D eigenvalue weighted by Gasteiger charge is 2.17. The van der Waals surface area contributed by atoms with Crippen molar-refractivity contribution in [3.8, 4) is 0 Å². The van der Waals surface area contributed by atoms with Crippen molar-refractivity contribution in [3.05, 3.63) is 35.9 Å². The highest BCUT2D eigenvalue weighted by molar-refractivity contribution is 8.02. The van der Waals surface area contributed by atoms with Gasteiger partial charge >= 0.3 is 0 Å². The third kappa shape index (κ3) is 3.19. The molecule has 0 amide bonds. The summed E-state index contributed by atoms with van der Waals surface area (Å²) in [6.45, 7) is 6.44. The molecule has 1 aromatic carbocycles. The summed E-state index contributed by atoms with van der Waals surface area (Å²) in [5.41, 5.74) is 2.35. The number of thioether (sulfide) groups is 1. The molecule has 0 aliphatic rings. The Balaban J connectivity index is 2.25. The van der Waals surface area contributed by atoms with E-state index in [1.54, 1.807) is 11.8 Å². The van der Waals surface area contributed by atoms with Crippen LogP contribution < -0.4 is 5.14 Å². The number of para-hydroxylation sites is 1. The Kier molecular flexibility index (Phi) is 4.20. The number of pyridine rings is 1. The van der Waals surface area contributed by atoms with Crippen LogP contribution in [0.3, 0.4) is 0 Å². The van der Waals surface area contributed by atoms with Crippen LogP contribution in [0.1, 0.15) is 19.4 Å². The summed E-state index contributed by atoms with van der Waals surface area (Å²) >= 11 is 3.17. The topological polar surface area (TPSA) is 38.9 Å². The van der Waals surface area contributed by atoms with Crippen molar-refractivity contribution in [2.45, 2.75) is 30.5 Å². The second kappa shape index (κ2) is 5.51. The summed E-state index contributed by atoms with van der Waals surface area (Å²) in [6, 6.07) is 10.4. The van der Waals surface area contributed by atoms with Crippen LogP contribution in [0.5, 0.6) is 0 Å². The van der Waals surface area contributed by atoms with E-state index in [9.17, 15) is 0 Å². The first-order chi connectivity index (χ1) is 8.52. The minimum absolute atomic E-state index is 0.0753. The number of nitrogens with two attached hydrogens (primary N) is 1. The molecule has 0 atom stereocenters. The van der Waals surface area contributed by atoms with Crippen LogP contribution in [0.15, 0.2) is 35.4 Å². The number of fused-ring (bicyclic) bond motifs is 1. The Morgan fingerprint density at radius 3 is 2.72 bits per heavy atom. The smallest absolute Gasteiger partial charge is 0.0970 e. The molecule has 1 heterocycles. The molecular weight excluding hydrogens is 260 g/mol. The van der Waals surface area contributed by atoms with Gasteiger partial charge in [-0.3, -0.25) is 5.14 Å². The van der Waals surface area contributed by atoms with Crippen LogP contribution >= 0.6 is 23.7 Å². The lowest BCUT2D eigenvalue weighted by Crippen LogP contribution is -2.20. The van der Waals surface area contributed by atoms with Crippen molar-refractivity contribution in [2.75, 3.05) is 5.75 Å². The zero-order valence-corrected chi connectivity index (χ0v) is 12.6. The second-order valence-corrected chi connectivity index (χ2v) is 7.30. The van der Waals surface area contributed by atoms with Gasteiger partial charge in [0.15, 0.2) is 0 Å². The quantitative estimate of drug-likeness (QED) is 0.677. The zero-order chi connectivity index (χ0) is 13.2. The lowest BCUT2D eigenvalue weighted by molar-refractivity contribution is 0.816. The predicted molar refractivity (Wildman–Crippen MR) is 83.1 cm³/mol. The minimum atomic E-state index is 0.0753. The lowest BCUT2D eigenvalue weighted by Gasteiger charge is -2.20. The van der Waals surface area contributed by atoms with Gasteiger partial charge in [-0.25, -0.2) is 4.98 Å². The standard InChI is InChI=1S/C14H18N2S2/c1-10-8-13(17-9-14(2,3)18-15)16-12-7-5-4-6-11(10)12/h4-8H,9,15H2,1-3H3. The molecule has 2 N–H and O–H groups in total. The summed E-state index contributed by atoms with van der Waals surface area (Å²) < 4.78 is 0.0753. The van der Waals surface area contributed by atoms with E-state index < -0.39 is 0 Å². The average Bonchev–Trinajstić information content (AvgIpc) is 2.37. The fourth-order valence-corrected chi connectivity index (χ4v) is 3.04. The summed E-state index contributed by atoms with van der Waals surface area (Å²) in [4.78, 5) is 4.69. The number of aryl methyl sites for hydroxylation is 1. The van der Waals surface area contributed by atoms with Gasteiger partial charge in [0, 0.05) is 15.9 Å². The molecule has 2 aromatic rings. The van der Waals surface area contributed by atoms with Crippen molar-refractivity contribution in [1.29, 1.82) is 0 Å². The van der Waals surface area contributed by atoms with Crippen LogP contribution in [0, 0.1) is 6.92 Å². The third-order valence-electron chi connectivity index (χ3n) is 2.79. The van der Waals surface area contributed by atoms with Crippen LogP contribution in [0.2, 0.25) is 0 Å². The Morgan fingerprint density at radius 1 is 1.28 bits per heavy atom. The maximum Gasteiger partial charge on any atom is 0.0970 e. The molecule has 0 fully saturated rings. The maximum atomic E-state index is 5.67. The summed E-state index contributed by atoms with van der Waals surface area (Å²) in [5, 5.41) is 7.98. The fourth-order valence-electron chi connectivity index (χ4n) is 1.67. The van der Waals surface area contributed by atoms with E-state index >= 15 is 0 Å². The van der Waals surface area contributed by atoms with E-state index in [0.717, 1.165) is 16.3 Å². The molecular formula is C14H18N2S2. The molecule has 0 bridgehead atoms. The number of aromatic nitrogens is 1. The first-order valence-corrected chi connectivity index (χ1v) is 7.75. The van der Waals surface area contributed by atoms with Crippen molar-refractivity contribution in [1.82, 2.24) is 4.98 Å². The fraction of sp³-hybridized carbons (Fsp3) is 0.357. The predicted octanol–water partition coefficient (Wildman–Crippen LogP) is 4.02. The lowest BCUT2D eigenvalue weighted by atomic mass is 10.1. The van der Waals surface area contributed by atoms with Crippen LogP contribution in [0.25, 0.3) is 10.9 Å². The molecule has 2 nitrogen and oxygen atoms in total. The van der Waals surface area contributed by atoms with Gasteiger partial charge < -0.3 is 0 Å². The molecule has 18 heavy (non-hydrogen) atoms. The number of hydrogen-bond acceptors (Lipinski definition) is 4. The third-order valence-corrected chi connectivity index (χ3v) is 5.12. The SMILES string of the molecule is Cc1cc(SCC(C)(C)SN)nc2ccccc12. The largest absolute Gasteiger partial charge is 0.277 e. The van der Waals surface area contributed by atoms with Crippen LogP contribution in [0.4, 0.5) is 0 Å². The molecule has 1 aromatic heterocycles. The van der Waals surface area contributed by atoms with Gasteiger partial charge in [0.2, 0.25) is 0 Å². The molecule has 0 unspecified atom stereocenters. The van der Waals surface area contributed by atoms with E-state index in [0.29, 0.717) is 0 Å². The van der Waals surface area contributed by atoms with Crippen LogP contribution in [-0.4, -0.2) is 15.5 Å². The van der Waals surface area contributed by atoms with Crippen molar-refractivity contribution in [2.24, 2.45) is 5.14 Å². The molecule has 0 spiro atoms. The van der Waals surface area contributed by atoms with E-state index in [4.69, 9.17) is 5.14 Å². The number of hydrogen-bond donors (Lipinski definition) is 1. The monoisotopic (exact) mass is 278 g/mol. The highest BCUT2D eigenvalue weighted by atomic mass is 32.2. The Labute approximate surface area is 117 Å². The van der Waals surface area contributed by atoms with Gasteiger partial charge in [0.05, 0.1) is 10.5 Å². The molecule has 0 saturated heterocycles. The normalized spacial score (nSPS) is 12.0. The Hall–Kier alpha value is -0.710. The van der Waals surface area contributed by atoms with E-state index in [2.05, 4.69) is 50.0 Å². The number of benzene rings is 1. The average molecular weight is 278 g/mol. The number of nitrogens with zero attached hydrogens (tertiary/aromatic N) is 1. The first kappa shape index (κ1) is 13.7. The highest BCUT2D eigenvalue weighted by Crippen LogP contribution is 2.29. The van der Waals surface area contributed by atoms with Gasteiger partial charge in [0.1, 0.15) is 0 Å². The molecule has 96 valence electrons. The van der Waals surface area contributed by atoms with E-state index in [1.807, 2.05) is 6.07 Å². The molecule has 4 heteroatoms. The minimum Gasteiger partial charge on any atom is -0.277 e. The summed E-state index contributed by atoms with van der Waals surface area (Å²) in [6.07, 6.45) is 0.